The molecule has 0 spiro atoms. The second kappa shape index (κ2) is 6.17. The first-order chi connectivity index (χ1) is 9.52. The SMILES string of the molecule is COC[C@H](C)Nc1nc(C(C)C)nc2c1CCNC2=O. The van der Waals surface area contributed by atoms with Crippen molar-refractivity contribution >= 4 is 11.7 Å². The summed E-state index contributed by atoms with van der Waals surface area (Å²) in [6.07, 6.45) is 0.751. The van der Waals surface area contributed by atoms with Crippen LogP contribution in [-0.2, 0) is 11.2 Å². The molecule has 110 valence electrons. The number of hydrogen-bond acceptors (Lipinski definition) is 5. The van der Waals surface area contributed by atoms with Crippen molar-refractivity contribution in [1.82, 2.24) is 15.3 Å². The van der Waals surface area contributed by atoms with E-state index in [2.05, 4.69) is 20.6 Å². The van der Waals surface area contributed by atoms with E-state index in [-0.39, 0.29) is 17.9 Å². The summed E-state index contributed by atoms with van der Waals surface area (Å²) in [4.78, 5) is 21.0. The fourth-order valence-corrected chi connectivity index (χ4v) is 2.21. The maximum Gasteiger partial charge on any atom is 0.270 e. The third-order valence-corrected chi connectivity index (χ3v) is 3.22. The van der Waals surface area contributed by atoms with Crippen molar-refractivity contribution in [3.63, 3.8) is 0 Å². The van der Waals surface area contributed by atoms with Crippen molar-refractivity contribution in [2.24, 2.45) is 0 Å². The van der Waals surface area contributed by atoms with E-state index >= 15 is 0 Å². The Morgan fingerprint density at radius 2 is 2.10 bits per heavy atom. The van der Waals surface area contributed by atoms with E-state index in [0.29, 0.717) is 24.7 Å². The topological polar surface area (TPSA) is 76.1 Å². The van der Waals surface area contributed by atoms with Crippen molar-refractivity contribution in [3.05, 3.63) is 17.1 Å². The first kappa shape index (κ1) is 14.7. The number of nitrogens with zero attached hydrogens (tertiary/aromatic N) is 2. The van der Waals surface area contributed by atoms with Gasteiger partial charge in [0.1, 0.15) is 17.3 Å². The summed E-state index contributed by atoms with van der Waals surface area (Å²) in [7, 11) is 1.67. The number of hydrogen-bond donors (Lipinski definition) is 2. The molecule has 2 rings (SSSR count). The van der Waals surface area contributed by atoms with Crippen molar-refractivity contribution in [1.29, 1.82) is 0 Å². The average Bonchev–Trinajstić information content (AvgIpc) is 2.39. The average molecular weight is 278 g/mol. The third-order valence-electron chi connectivity index (χ3n) is 3.22. The van der Waals surface area contributed by atoms with Crippen molar-refractivity contribution in [2.45, 2.75) is 39.2 Å². The lowest BCUT2D eigenvalue weighted by Gasteiger charge is -2.22. The summed E-state index contributed by atoms with van der Waals surface area (Å²) in [5.41, 5.74) is 1.41. The Morgan fingerprint density at radius 3 is 2.75 bits per heavy atom. The van der Waals surface area contributed by atoms with Gasteiger partial charge in [-0.2, -0.15) is 0 Å². The number of methoxy groups -OCH3 is 1. The van der Waals surface area contributed by atoms with Gasteiger partial charge >= 0.3 is 0 Å². The van der Waals surface area contributed by atoms with Gasteiger partial charge in [0.25, 0.3) is 5.91 Å². The Kier molecular flexibility index (Phi) is 4.54. The second-order valence-electron chi connectivity index (χ2n) is 5.42. The highest BCUT2D eigenvalue weighted by Crippen LogP contribution is 2.23. The van der Waals surface area contributed by atoms with Crippen LogP contribution in [0, 0.1) is 0 Å². The molecule has 1 aromatic heterocycles. The van der Waals surface area contributed by atoms with Gasteiger partial charge in [0.05, 0.1) is 6.61 Å². The molecule has 1 aliphatic rings. The highest BCUT2D eigenvalue weighted by Gasteiger charge is 2.24. The minimum Gasteiger partial charge on any atom is -0.383 e. The Hall–Kier alpha value is -1.69. The van der Waals surface area contributed by atoms with E-state index < -0.39 is 0 Å². The lowest BCUT2D eigenvalue weighted by atomic mass is 10.0. The summed E-state index contributed by atoms with van der Waals surface area (Å²) >= 11 is 0. The molecule has 0 saturated carbocycles. The monoisotopic (exact) mass is 278 g/mol. The number of rotatable bonds is 5. The standard InChI is InChI=1S/C14H22N4O2/c1-8(2)12-17-11-10(5-6-15-14(11)19)13(18-12)16-9(3)7-20-4/h8-9H,5-7H2,1-4H3,(H,15,19)(H,16,17,18)/t9-/m0/s1. The van der Waals surface area contributed by atoms with Crippen molar-refractivity contribution in [2.75, 3.05) is 25.6 Å². The molecule has 0 bridgehead atoms. The minimum atomic E-state index is -0.113. The summed E-state index contributed by atoms with van der Waals surface area (Å²) in [5, 5.41) is 6.16. The van der Waals surface area contributed by atoms with Crippen LogP contribution in [0.3, 0.4) is 0 Å². The van der Waals surface area contributed by atoms with Gasteiger partial charge in [-0.15, -0.1) is 0 Å². The van der Waals surface area contributed by atoms with Crippen LogP contribution < -0.4 is 10.6 Å². The van der Waals surface area contributed by atoms with E-state index in [4.69, 9.17) is 4.74 Å². The van der Waals surface area contributed by atoms with Gasteiger partial charge in [-0.25, -0.2) is 9.97 Å². The lowest BCUT2D eigenvalue weighted by Crippen LogP contribution is -2.35. The van der Waals surface area contributed by atoms with Crippen LogP contribution >= 0.6 is 0 Å². The number of carbonyl (C=O) groups is 1. The summed E-state index contributed by atoms with van der Waals surface area (Å²) in [5.74, 6) is 1.51. The van der Waals surface area contributed by atoms with E-state index in [1.807, 2.05) is 20.8 Å². The number of carbonyl (C=O) groups excluding carboxylic acids is 1. The van der Waals surface area contributed by atoms with Crippen LogP contribution in [0.25, 0.3) is 0 Å². The molecule has 1 aromatic rings. The Bertz CT molecular complexity index is 502. The molecule has 1 aliphatic heterocycles. The third kappa shape index (κ3) is 3.07. The van der Waals surface area contributed by atoms with E-state index in [9.17, 15) is 4.79 Å². The molecule has 20 heavy (non-hydrogen) atoms. The van der Waals surface area contributed by atoms with Gasteiger partial charge in [0, 0.05) is 31.2 Å². The predicted octanol–water partition coefficient (Wildman–Crippen LogP) is 1.33. The highest BCUT2D eigenvalue weighted by atomic mass is 16.5. The highest BCUT2D eigenvalue weighted by molar-refractivity contribution is 5.96. The molecular weight excluding hydrogens is 256 g/mol. The number of nitrogens with one attached hydrogen (secondary N) is 2. The van der Waals surface area contributed by atoms with Crippen LogP contribution in [0.15, 0.2) is 0 Å². The van der Waals surface area contributed by atoms with Crippen LogP contribution in [0.1, 0.15) is 48.6 Å². The largest absolute Gasteiger partial charge is 0.383 e. The van der Waals surface area contributed by atoms with Crippen LogP contribution in [0.4, 0.5) is 5.82 Å². The fraction of sp³-hybridized carbons (Fsp3) is 0.643. The Balaban J connectivity index is 2.40. The van der Waals surface area contributed by atoms with Gasteiger partial charge in [0.15, 0.2) is 0 Å². The molecule has 1 amide bonds. The fourth-order valence-electron chi connectivity index (χ4n) is 2.21. The zero-order chi connectivity index (χ0) is 14.7. The van der Waals surface area contributed by atoms with E-state index in [1.165, 1.54) is 0 Å². The molecule has 0 fully saturated rings. The van der Waals surface area contributed by atoms with Crippen LogP contribution in [-0.4, -0.2) is 42.2 Å². The lowest BCUT2D eigenvalue weighted by molar-refractivity contribution is 0.0940. The molecule has 6 nitrogen and oxygen atoms in total. The molecule has 1 atom stereocenters. The molecular formula is C14H22N4O2. The first-order valence-electron chi connectivity index (χ1n) is 6.97. The molecule has 0 saturated heterocycles. The summed E-state index contributed by atoms with van der Waals surface area (Å²) in [6, 6.07) is 0.129. The number of fused-ring (bicyclic) bond motifs is 1. The predicted molar refractivity (Wildman–Crippen MR) is 77.1 cm³/mol. The molecule has 0 aromatic carbocycles. The molecule has 2 N–H and O–H groups in total. The van der Waals surface area contributed by atoms with Crippen LogP contribution in [0.2, 0.25) is 0 Å². The number of aromatic nitrogens is 2. The van der Waals surface area contributed by atoms with Crippen molar-refractivity contribution in [3.8, 4) is 0 Å². The Labute approximate surface area is 119 Å². The normalized spacial score (nSPS) is 15.8. The smallest absolute Gasteiger partial charge is 0.270 e. The van der Waals surface area contributed by atoms with Crippen molar-refractivity contribution < 1.29 is 9.53 Å². The maximum absolute atomic E-state index is 12.0. The van der Waals surface area contributed by atoms with Gasteiger partial charge in [0.2, 0.25) is 0 Å². The zero-order valence-corrected chi connectivity index (χ0v) is 12.5. The van der Waals surface area contributed by atoms with Gasteiger partial charge in [-0.05, 0) is 13.3 Å². The Morgan fingerprint density at radius 1 is 1.35 bits per heavy atom. The number of anilines is 1. The number of ether oxygens (including phenoxy) is 1. The summed E-state index contributed by atoms with van der Waals surface area (Å²) < 4.78 is 5.13. The molecule has 0 radical (unpaired) electrons. The quantitative estimate of drug-likeness (QED) is 0.850. The summed E-state index contributed by atoms with van der Waals surface area (Å²) in [6.45, 7) is 7.27. The van der Waals surface area contributed by atoms with Gasteiger partial charge in [-0.3, -0.25) is 4.79 Å². The van der Waals surface area contributed by atoms with E-state index in [1.54, 1.807) is 7.11 Å². The number of amides is 1. The zero-order valence-electron chi connectivity index (χ0n) is 12.5. The maximum atomic E-state index is 12.0. The minimum absolute atomic E-state index is 0.113. The molecule has 2 heterocycles. The molecule has 6 heteroatoms. The first-order valence-corrected chi connectivity index (χ1v) is 6.97. The molecule has 0 unspecified atom stereocenters. The second-order valence-corrected chi connectivity index (χ2v) is 5.42. The van der Waals surface area contributed by atoms with Gasteiger partial charge in [-0.1, -0.05) is 13.8 Å². The van der Waals surface area contributed by atoms with Gasteiger partial charge < -0.3 is 15.4 Å². The van der Waals surface area contributed by atoms with Crippen LogP contribution in [0.5, 0.6) is 0 Å². The van der Waals surface area contributed by atoms with E-state index in [0.717, 1.165) is 17.8 Å². The molecule has 0 aliphatic carbocycles.